The number of rotatable bonds is 2. The smallest absolute Gasteiger partial charge is 0.122 e. The van der Waals surface area contributed by atoms with Gasteiger partial charge in [-0.2, -0.15) is 28.8 Å². The van der Waals surface area contributed by atoms with E-state index in [-0.39, 0.29) is 0 Å². The number of aromatic nitrogens is 1. The van der Waals surface area contributed by atoms with Gasteiger partial charge in [-0.15, -0.1) is 0 Å². The lowest BCUT2D eigenvalue weighted by Gasteiger charge is -2.22. The summed E-state index contributed by atoms with van der Waals surface area (Å²) in [5.74, 6) is 4.30. The minimum absolute atomic E-state index is 0.619. The summed E-state index contributed by atoms with van der Waals surface area (Å²) in [6.45, 7) is 4.95. The van der Waals surface area contributed by atoms with Crippen LogP contribution >= 0.6 is 23.5 Å². The minimum atomic E-state index is 0.619. The molecule has 0 aromatic carbocycles. The molecule has 1 atom stereocenters. The summed E-state index contributed by atoms with van der Waals surface area (Å²) in [5.41, 5.74) is 8.87. The summed E-state index contributed by atoms with van der Waals surface area (Å²) in [5, 5.41) is 9.71. The number of hydrogen-bond acceptors (Lipinski definition) is 4. The molecule has 0 radical (unpaired) electrons. The van der Waals surface area contributed by atoms with Gasteiger partial charge in [0.1, 0.15) is 11.9 Å². The lowest BCUT2D eigenvalue weighted by atomic mass is 10.2. The molecule has 1 aliphatic rings. The molecule has 0 spiro atoms. The van der Waals surface area contributed by atoms with E-state index in [1.54, 1.807) is 0 Å². The topological polar surface area (TPSA) is 54.7 Å². The Morgan fingerprint density at radius 2 is 2.24 bits per heavy atom. The molecule has 1 unspecified atom stereocenters. The van der Waals surface area contributed by atoms with Gasteiger partial charge in [-0.3, -0.25) is 0 Å². The van der Waals surface area contributed by atoms with E-state index in [1.165, 1.54) is 17.3 Å². The first-order valence-corrected chi connectivity index (χ1v) is 7.90. The van der Waals surface area contributed by atoms with Gasteiger partial charge in [0.2, 0.25) is 0 Å². The Kier molecular flexibility index (Phi) is 3.95. The zero-order valence-corrected chi connectivity index (χ0v) is 11.8. The van der Waals surface area contributed by atoms with Crippen LogP contribution in [0.3, 0.4) is 0 Å². The van der Waals surface area contributed by atoms with E-state index >= 15 is 0 Å². The molecule has 1 aliphatic heterocycles. The van der Waals surface area contributed by atoms with Crippen molar-refractivity contribution in [2.45, 2.75) is 25.6 Å². The van der Waals surface area contributed by atoms with Crippen molar-refractivity contribution in [1.29, 1.82) is 5.26 Å². The first-order chi connectivity index (χ1) is 8.15. The number of nitriles is 1. The van der Waals surface area contributed by atoms with Crippen molar-refractivity contribution in [2.24, 2.45) is 0 Å². The van der Waals surface area contributed by atoms with Gasteiger partial charge in [0.15, 0.2) is 0 Å². The Labute approximate surface area is 111 Å². The monoisotopic (exact) mass is 267 g/mol. The number of anilines is 1. The number of thioether (sulfide) groups is 2. The predicted octanol–water partition coefficient (Wildman–Crippen LogP) is 2.41. The maximum Gasteiger partial charge on any atom is 0.122 e. The Balaban J connectivity index is 2.23. The van der Waals surface area contributed by atoms with Crippen LogP contribution in [0.1, 0.15) is 16.8 Å². The molecule has 1 aromatic rings. The molecular weight excluding hydrogens is 250 g/mol. The van der Waals surface area contributed by atoms with Crippen LogP contribution in [0.15, 0.2) is 0 Å². The molecule has 92 valence electrons. The Bertz CT molecular complexity index is 453. The Morgan fingerprint density at radius 3 is 2.76 bits per heavy atom. The normalized spacial score (nSPS) is 20.2. The molecule has 17 heavy (non-hydrogen) atoms. The summed E-state index contributed by atoms with van der Waals surface area (Å²) < 4.78 is 2.11. The molecular formula is C12H17N3S2. The molecule has 2 N–H and O–H groups in total. The first-order valence-electron chi connectivity index (χ1n) is 5.69. The van der Waals surface area contributed by atoms with Crippen LogP contribution in [0.5, 0.6) is 0 Å². The summed E-state index contributed by atoms with van der Waals surface area (Å²) >= 11 is 4.03. The third-order valence-electron chi connectivity index (χ3n) is 3.25. The summed E-state index contributed by atoms with van der Waals surface area (Å²) in [6.07, 6.45) is 0. The van der Waals surface area contributed by atoms with Crippen molar-refractivity contribution in [3.05, 3.63) is 16.8 Å². The molecule has 1 aromatic heterocycles. The average molecular weight is 267 g/mol. The highest BCUT2D eigenvalue weighted by atomic mass is 32.2. The van der Waals surface area contributed by atoms with Crippen LogP contribution in [0, 0.1) is 25.2 Å². The molecule has 2 heterocycles. The van der Waals surface area contributed by atoms with Crippen molar-refractivity contribution >= 4 is 29.3 Å². The molecule has 2 rings (SSSR count). The summed E-state index contributed by atoms with van der Waals surface area (Å²) in [4.78, 5) is 0. The molecule has 0 amide bonds. The van der Waals surface area contributed by atoms with E-state index in [4.69, 9.17) is 11.0 Å². The number of nitrogens with zero attached hydrogens (tertiary/aromatic N) is 2. The van der Waals surface area contributed by atoms with Gasteiger partial charge >= 0.3 is 0 Å². The molecule has 1 saturated heterocycles. The third kappa shape index (κ3) is 2.43. The van der Waals surface area contributed by atoms with E-state index in [1.807, 2.05) is 37.4 Å². The van der Waals surface area contributed by atoms with Gasteiger partial charge in [0, 0.05) is 34.7 Å². The third-order valence-corrected chi connectivity index (χ3v) is 6.08. The van der Waals surface area contributed by atoms with Gasteiger partial charge in [0.25, 0.3) is 0 Å². The zero-order chi connectivity index (χ0) is 12.4. The number of hydrogen-bond donors (Lipinski definition) is 1. The molecule has 0 bridgehead atoms. The van der Waals surface area contributed by atoms with Crippen LogP contribution in [-0.4, -0.2) is 27.1 Å². The largest absolute Gasteiger partial charge is 0.384 e. The molecule has 0 aliphatic carbocycles. The van der Waals surface area contributed by atoms with Crippen molar-refractivity contribution in [3.63, 3.8) is 0 Å². The maximum atomic E-state index is 9.09. The van der Waals surface area contributed by atoms with Crippen molar-refractivity contribution in [1.82, 2.24) is 4.57 Å². The highest BCUT2D eigenvalue weighted by molar-refractivity contribution is 8.06. The lowest BCUT2D eigenvalue weighted by Crippen LogP contribution is -2.22. The number of nitrogen functional groups attached to an aromatic ring is 1. The second kappa shape index (κ2) is 5.28. The van der Waals surface area contributed by atoms with Crippen molar-refractivity contribution in [3.8, 4) is 6.07 Å². The van der Waals surface area contributed by atoms with E-state index in [0.717, 1.165) is 17.8 Å². The second-order valence-corrected chi connectivity index (χ2v) is 6.82. The van der Waals surface area contributed by atoms with E-state index < -0.39 is 0 Å². The SMILES string of the molecule is Cc1c(C#N)c(N)n(CC2CSCCS2)c1C. The lowest BCUT2D eigenvalue weighted by molar-refractivity contribution is 0.687. The Morgan fingerprint density at radius 1 is 1.47 bits per heavy atom. The van der Waals surface area contributed by atoms with Crippen molar-refractivity contribution < 1.29 is 0 Å². The van der Waals surface area contributed by atoms with Crippen LogP contribution in [0.2, 0.25) is 0 Å². The van der Waals surface area contributed by atoms with E-state index in [9.17, 15) is 0 Å². The van der Waals surface area contributed by atoms with E-state index in [0.29, 0.717) is 16.6 Å². The molecule has 1 fully saturated rings. The van der Waals surface area contributed by atoms with Gasteiger partial charge in [-0.25, -0.2) is 0 Å². The predicted molar refractivity (Wildman–Crippen MR) is 76.6 cm³/mol. The summed E-state index contributed by atoms with van der Waals surface area (Å²) in [7, 11) is 0. The van der Waals surface area contributed by atoms with Crippen LogP contribution < -0.4 is 5.73 Å². The quantitative estimate of drug-likeness (QED) is 0.894. The van der Waals surface area contributed by atoms with Gasteiger partial charge in [0.05, 0.1) is 5.56 Å². The molecule has 3 nitrogen and oxygen atoms in total. The van der Waals surface area contributed by atoms with E-state index in [2.05, 4.69) is 10.6 Å². The fourth-order valence-electron chi connectivity index (χ4n) is 2.11. The number of nitrogens with two attached hydrogens (primary N) is 1. The van der Waals surface area contributed by atoms with Crippen LogP contribution in [0.25, 0.3) is 0 Å². The molecule has 5 heteroatoms. The van der Waals surface area contributed by atoms with Gasteiger partial charge in [-0.1, -0.05) is 0 Å². The fourth-order valence-corrected chi connectivity index (χ4v) is 4.77. The fraction of sp³-hybridized carbons (Fsp3) is 0.583. The average Bonchev–Trinajstić information content (AvgIpc) is 2.55. The maximum absolute atomic E-state index is 9.09. The van der Waals surface area contributed by atoms with Crippen LogP contribution in [-0.2, 0) is 6.54 Å². The van der Waals surface area contributed by atoms with Crippen molar-refractivity contribution in [2.75, 3.05) is 23.0 Å². The summed E-state index contributed by atoms with van der Waals surface area (Å²) in [6, 6.07) is 2.20. The Hall–Kier alpha value is -0.730. The highest BCUT2D eigenvalue weighted by Gasteiger charge is 2.20. The minimum Gasteiger partial charge on any atom is -0.384 e. The second-order valence-electron chi connectivity index (χ2n) is 4.26. The first kappa shape index (κ1) is 12.7. The van der Waals surface area contributed by atoms with Crippen LogP contribution in [0.4, 0.5) is 5.82 Å². The standard InChI is InChI=1S/C12H17N3S2/c1-8-9(2)15(12(14)11(8)5-13)6-10-7-16-3-4-17-10/h10H,3-4,6-7,14H2,1-2H3. The zero-order valence-electron chi connectivity index (χ0n) is 10.2. The molecule has 0 saturated carbocycles. The highest BCUT2D eigenvalue weighted by Crippen LogP contribution is 2.29. The van der Waals surface area contributed by atoms with Gasteiger partial charge in [-0.05, 0) is 19.4 Å². The van der Waals surface area contributed by atoms with Gasteiger partial charge < -0.3 is 10.3 Å².